The van der Waals surface area contributed by atoms with Crippen molar-refractivity contribution in [1.82, 2.24) is 0 Å². The third-order valence-corrected chi connectivity index (χ3v) is 1.96. The number of rotatable bonds is 3. The average molecular weight is 201 g/mol. The molecule has 1 aromatic carbocycles. The molecule has 3 nitrogen and oxygen atoms in total. The van der Waals surface area contributed by atoms with Crippen molar-refractivity contribution in [2.24, 2.45) is 0 Å². The van der Waals surface area contributed by atoms with Gasteiger partial charge < -0.3 is 9.84 Å². The second-order valence-corrected chi connectivity index (χ2v) is 2.95. The molecule has 0 atom stereocenters. The van der Waals surface area contributed by atoms with Crippen LogP contribution in [0.5, 0.6) is 0 Å². The molecule has 13 heavy (non-hydrogen) atoms. The van der Waals surface area contributed by atoms with E-state index >= 15 is 0 Å². The molecule has 1 rings (SSSR count). The van der Waals surface area contributed by atoms with Crippen LogP contribution in [0.15, 0.2) is 18.2 Å². The average Bonchev–Trinajstić information content (AvgIpc) is 2.08. The summed E-state index contributed by atoms with van der Waals surface area (Å²) in [5.41, 5.74) is 0.903. The quantitative estimate of drug-likeness (QED) is 0.814. The van der Waals surface area contributed by atoms with Gasteiger partial charge in [-0.2, -0.15) is 0 Å². The van der Waals surface area contributed by atoms with Gasteiger partial charge in [0.25, 0.3) is 0 Å². The van der Waals surface area contributed by atoms with Crippen LogP contribution in [0.4, 0.5) is 0 Å². The fraction of sp³-hybridized carbons (Fsp3) is 0.222. The first-order valence-corrected chi connectivity index (χ1v) is 4.03. The minimum absolute atomic E-state index is 0.219. The van der Waals surface area contributed by atoms with Gasteiger partial charge in [0.05, 0.1) is 12.2 Å². The zero-order chi connectivity index (χ0) is 9.84. The maximum Gasteiger partial charge on any atom is 0.335 e. The topological polar surface area (TPSA) is 46.5 Å². The highest BCUT2D eigenvalue weighted by Gasteiger charge is 2.06. The van der Waals surface area contributed by atoms with Crippen molar-refractivity contribution < 1.29 is 14.6 Å². The lowest BCUT2D eigenvalue weighted by Crippen LogP contribution is -1.98. The van der Waals surface area contributed by atoms with Crippen LogP contribution in [0.2, 0.25) is 5.02 Å². The zero-order valence-electron chi connectivity index (χ0n) is 7.08. The molecule has 0 fully saturated rings. The van der Waals surface area contributed by atoms with Crippen LogP contribution in [-0.4, -0.2) is 18.2 Å². The van der Waals surface area contributed by atoms with E-state index in [1.807, 2.05) is 0 Å². The van der Waals surface area contributed by atoms with Crippen molar-refractivity contribution in [1.29, 1.82) is 0 Å². The number of ether oxygens (including phenoxy) is 1. The summed E-state index contributed by atoms with van der Waals surface area (Å²) in [6.07, 6.45) is 0. The molecule has 0 aliphatic heterocycles. The van der Waals surface area contributed by atoms with Crippen molar-refractivity contribution in [3.8, 4) is 0 Å². The zero-order valence-corrected chi connectivity index (χ0v) is 7.84. The lowest BCUT2D eigenvalue weighted by molar-refractivity contribution is 0.0696. The van der Waals surface area contributed by atoms with Crippen LogP contribution >= 0.6 is 11.6 Å². The van der Waals surface area contributed by atoms with Crippen LogP contribution in [0.1, 0.15) is 15.9 Å². The van der Waals surface area contributed by atoms with Crippen LogP contribution < -0.4 is 0 Å². The molecule has 0 heterocycles. The molecule has 1 aromatic rings. The first kappa shape index (κ1) is 10.0. The minimum Gasteiger partial charge on any atom is -0.478 e. The van der Waals surface area contributed by atoms with Crippen LogP contribution in [0, 0.1) is 0 Å². The van der Waals surface area contributed by atoms with Crippen molar-refractivity contribution in [3.05, 3.63) is 34.3 Å². The Morgan fingerprint density at radius 3 is 2.85 bits per heavy atom. The fourth-order valence-electron chi connectivity index (χ4n) is 0.974. The number of carboxylic acids is 1. The van der Waals surface area contributed by atoms with Crippen LogP contribution in [0.25, 0.3) is 0 Å². The van der Waals surface area contributed by atoms with Gasteiger partial charge in [-0.05, 0) is 23.8 Å². The molecule has 0 saturated carbocycles. The van der Waals surface area contributed by atoms with E-state index in [0.717, 1.165) is 0 Å². The van der Waals surface area contributed by atoms with Gasteiger partial charge in [-0.25, -0.2) is 4.79 Å². The van der Waals surface area contributed by atoms with Crippen molar-refractivity contribution in [3.63, 3.8) is 0 Å². The summed E-state index contributed by atoms with van der Waals surface area (Å²) in [7, 11) is 1.53. The second-order valence-electron chi connectivity index (χ2n) is 2.54. The van der Waals surface area contributed by atoms with E-state index < -0.39 is 5.97 Å². The summed E-state index contributed by atoms with van der Waals surface area (Å²) < 4.78 is 4.87. The summed E-state index contributed by atoms with van der Waals surface area (Å²) in [4.78, 5) is 10.6. The van der Waals surface area contributed by atoms with Gasteiger partial charge in [-0.3, -0.25) is 0 Å². The van der Waals surface area contributed by atoms with E-state index in [1.54, 1.807) is 6.07 Å². The summed E-state index contributed by atoms with van der Waals surface area (Å²) in [5, 5.41) is 9.20. The van der Waals surface area contributed by atoms with E-state index in [4.69, 9.17) is 21.4 Å². The van der Waals surface area contributed by atoms with Crippen molar-refractivity contribution in [2.75, 3.05) is 7.11 Å². The van der Waals surface area contributed by atoms with Gasteiger partial charge in [0, 0.05) is 12.1 Å². The highest BCUT2D eigenvalue weighted by molar-refractivity contribution is 6.31. The Bertz CT molecular complexity index is 323. The standard InChI is InChI=1S/C9H9ClO3/c1-13-5-7-4-6(9(11)12)2-3-8(7)10/h2-4H,5H2,1H3,(H,11,12). The molecule has 0 spiro atoms. The molecular formula is C9H9ClO3. The van der Waals surface area contributed by atoms with E-state index in [-0.39, 0.29) is 5.56 Å². The Morgan fingerprint density at radius 1 is 1.62 bits per heavy atom. The lowest BCUT2D eigenvalue weighted by Gasteiger charge is -2.03. The Morgan fingerprint density at radius 2 is 2.31 bits per heavy atom. The maximum absolute atomic E-state index is 10.6. The predicted octanol–water partition coefficient (Wildman–Crippen LogP) is 2.18. The normalized spacial score (nSPS) is 10.0. The van der Waals surface area contributed by atoms with Gasteiger partial charge in [-0.1, -0.05) is 11.6 Å². The lowest BCUT2D eigenvalue weighted by atomic mass is 10.1. The number of carbonyl (C=O) groups is 1. The Hall–Kier alpha value is -1.06. The monoisotopic (exact) mass is 200 g/mol. The molecule has 0 aliphatic rings. The number of benzene rings is 1. The first-order chi connectivity index (χ1) is 6.15. The summed E-state index contributed by atoms with van der Waals surface area (Å²) >= 11 is 5.81. The van der Waals surface area contributed by atoms with Gasteiger partial charge in [-0.15, -0.1) is 0 Å². The molecule has 70 valence electrons. The molecule has 0 aromatic heterocycles. The molecule has 4 heteroatoms. The highest BCUT2D eigenvalue weighted by atomic mass is 35.5. The van der Waals surface area contributed by atoms with Gasteiger partial charge in [0.15, 0.2) is 0 Å². The predicted molar refractivity (Wildman–Crippen MR) is 49.1 cm³/mol. The van der Waals surface area contributed by atoms with E-state index in [9.17, 15) is 4.79 Å². The van der Waals surface area contributed by atoms with E-state index in [0.29, 0.717) is 17.2 Å². The van der Waals surface area contributed by atoms with Crippen LogP contribution in [0.3, 0.4) is 0 Å². The Kier molecular flexibility index (Phi) is 3.28. The Labute approximate surface area is 80.9 Å². The SMILES string of the molecule is COCc1cc(C(=O)O)ccc1Cl. The maximum atomic E-state index is 10.6. The van der Waals surface area contributed by atoms with E-state index in [1.165, 1.54) is 19.2 Å². The van der Waals surface area contributed by atoms with Gasteiger partial charge >= 0.3 is 5.97 Å². The number of methoxy groups -OCH3 is 1. The molecule has 0 radical (unpaired) electrons. The number of halogens is 1. The summed E-state index contributed by atoms with van der Waals surface area (Å²) in [5.74, 6) is -0.964. The third kappa shape index (κ3) is 2.44. The van der Waals surface area contributed by atoms with Gasteiger partial charge in [0.1, 0.15) is 0 Å². The van der Waals surface area contributed by atoms with Gasteiger partial charge in [0.2, 0.25) is 0 Å². The number of hydrogen-bond donors (Lipinski definition) is 1. The molecule has 0 bridgehead atoms. The first-order valence-electron chi connectivity index (χ1n) is 3.66. The van der Waals surface area contributed by atoms with Crippen LogP contribution in [-0.2, 0) is 11.3 Å². The minimum atomic E-state index is -0.964. The Balaban J connectivity index is 3.03. The molecule has 0 amide bonds. The fourth-order valence-corrected chi connectivity index (χ4v) is 1.15. The summed E-state index contributed by atoms with van der Waals surface area (Å²) in [6.45, 7) is 0.319. The second kappa shape index (κ2) is 4.25. The van der Waals surface area contributed by atoms with E-state index in [2.05, 4.69) is 0 Å². The summed E-state index contributed by atoms with van der Waals surface area (Å²) in [6, 6.07) is 4.53. The highest BCUT2D eigenvalue weighted by Crippen LogP contribution is 2.18. The van der Waals surface area contributed by atoms with Crippen molar-refractivity contribution in [2.45, 2.75) is 6.61 Å². The number of hydrogen-bond acceptors (Lipinski definition) is 2. The molecule has 0 saturated heterocycles. The number of carboxylic acid groups (broad SMARTS) is 1. The molecular weight excluding hydrogens is 192 g/mol. The van der Waals surface area contributed by atoms with Crippen molar-refractivity contribution >= 4 is 17.6 Å². The largest absolute Gasteiger partial charge is 0.478 e. The number of aromatic carboxylic acids is 1. The molecule has 1 N–H and O–H groups in total. The smallest absolute Gasteiger partial charge is 0.335 e. The third-order valence-electron chi connectivity index (χ3n) is 1.59. The molecule has 0 unspecified atom stereocenters. The molecule has 0 aliphatic carbocycles.